The summed E-state index contributed by atoms with van der Waals surface area (Å²) in [4.78, 5) is 34.7. The Bertz CT molecular complexity index is 3980. The predicted molar refractivity (Wildman–Crippen MR) is 276 cm³/mol. The molecular weight excluding hydrogens is 837 g/mol. The minimum atomic E-state index is 0.0164. The van der Waals surface area contributed by atoms with E-state index in [1.165, 1.54) is 0 Å². The molecule has 0 bridgehead atoms. The van der Waals surface area contributed by atoms with Crippen molar-refractivity contribution >= 4 is 66.2 Å². The number of nitrogens with zero attached hydrogens (tertiary/aromatic N) is 6. The molecule has 0 spiro atoms. The van der Waals surface area contributed by atoms with E-state index in [2.05, 4.69) is 130 Å². The van der Waals surface area contributed by atoms with Crippen molar-refractivity contribution in [1.82, 2.24) is 23.9 Å². The van der Waals surface area contributed by atoms with Gasteiger partial charge in [-0.1, -0.05) is 91.5 Å². The van der Waals surface area contributed by atoms with Crippen LogP contribution in [0.1, 0.15) is 11.1 Å². The van der Waals surface area contributed by atoms with Crippen molar-refractivity contribution in [3.8, 4) is 39.8 Å². The minimum Gasteiger partial charge on any atom is -0.309 e. The van der Waals surface area contributed by atoms with Gasteiger partial charge in [0.15, 0.2) is 22.5 Å². The fourth-order valence-electron chi connectivity index (χ4n) is 10.0. The molecule has 9 aromatic carbocycles. The molecule has 1 aliphatic heterocycles. The van der Waals surface area contributed by atoms with Crippen molar-refractivity contribution in [3.05, 3.63) is 257 Å². The number of anilines is 3. The Hall–Kier alpha value is -9.40. The zero-order valence-corrected chi connectivity index (χ0v) is 36.5. The Morgan fingerprint density at radius 2 is 0.735 bits per heavy atom. The van der Waals surface area contributed by atoms with Gasteiger partial charge in [0.05, 0.1) is 39.1 Å². The van der Waals surface area contributed by atoms with E-state index in [0.717, 1.165) is 84.0 Å². The quantitative estimate of drug-likeness (QED) is 0.156. The fourth-order valence-corrected chi connectivity index (χ4v) is 10.0. The van der Waals surface area contributed by atoms with Crippen LogP contribution < -0.4 is 15.8 Å². The second-order valence-electron chi connectivity index (χ2n) is 17.0. The van der Waals surface area contributed by atoms with Gasteiger partial charge in [-0.25, -0.2) is 9.67 Å². The maximum Gasteiger partial charge on any atom is 0.197 e. The Balaban J connectivity index is 0.942. The van der Waals surface area contributed by atoms with Crippen molar-refractivity contribution in [3.63, 3.8) is 0 Å². The van der Waals surface area contributed by atoms with Crippen molar-refractivity contribution < 1.29 is 0 Å². The third kappa shape index (κ3) is 6.01. The van der Waals surface area contributed by atoms with Gasteiger partial charge in [0.1, 0.15) is 0 Å². The van der Waals surface area contributed by atoms with Gasteiger partial charge in [-0.05, 0) is 139 Å². The first-order chi connectivity index (χ1) is 33.5. The van der Waals surface area contributed by atoms with E-state index in [1.807, 2.05) is 114 Å². The molecule has 8 nitrogen and oxygen atoms in total. The van der Waals surface area contributed by atoms with Crippen LogP contribution in [0.15, 0.2) is 235 Å². The molecule has 0 radical (unpaired) electrons. The van der Waals surface area contributed by atoms with Crippen molar-refractivity contribution in [2.24, 2.45) is 0 Å². The molecule has 0 N–H and O–H groups in total. The molecule has 0 atom stereocenters. The minimum absolute atomic E-state index is 0.0164. The molecule has 4 heterocycles. The average molecular weight is 875 g/mol. The molecule has 68 heavy (non-hydrogen) atoms. The van der Waals surface area contributed by atoms with Crippen molar-refractivity contribution in [2.75, 3.05) is 4.90 Å². The number of aromatic nitrogens is 5. The van der Waals surface area contributed by atoms with Gasteiger partial charge in [0, 0.05) is 60.9 Å². The van der Waals surface area contributed by atoms with Gasteiger partial charge in [0.2, 0.25) is 0 Å². The number of pyridine rings is 2. The summed E-state index contributed by atoms with van der Waals surface area (Å²) >= 11 is 0. The topological polar surface area (TPSA) is 78.0 Å². The SMILES string of the molecule is C=C1c2ccccc2N(c2ccc(-c3nc(-c4ccc(-n5c6ccccc6c(=O)c6ccccc65)cc4)nn3-c3ccc(-n4c5ccccc5c(=O)c5ccccc54)cc3)cc2)c2ccccc21. The van der Waals surface area contributed by atoms with Crippen molar-refractivity contribution in [1.29, 1.82) is 0 Å². The zero-order chi connectivity index (χ0) is 45.5. The highest BCUT2D eigenvalue weighted by Crippen LogP contribution is 2.48. The smallest absolute Gasteiger partial charge is 0.197 e. The first-order valence-corrected chi connectivity index (χ1v) is 22.5. The van der Waals surface area contributed by atoms with Crippen LogP contribution in [0.3, 0.4) is 0 Å². The molecule has 0 amide bonds. The molecule has 12 aromatic rings. The van der Waals surface area contributed by atoms with E-state index in [1.54, 1.807) is 0 Å². The van der Waals surface area contributed by atoms with Crippen LogP contribution in [-0.2, 0) is 0 Å². The maximum absolute atomic E-state index is 13.6. The highest BCUT2D eigenvalue weighted by Gasteiger charge is 2.26. The highest BCUT2D eigenvalue weighted by molar-refractivity contribution is 6.01. The number of rotatable bonds is 6. The summed E-state index contributed by atoms with van der Waals surface area (Å²) in [5.74, 6) is 1.23. The molecule has 3 aromatic heterocycles. The van der Waals surface area contributed by atoms with Crippen LogP contribution >= 0.6 is 0 Å². The van der Waals surface area contributed by atoms with E-state index >= 15 is 0 Å². The Kier molecular flexibility index (Phi) is 8.81. The molecule has 0 unspecified atom stereocenters. The lowest BCUT2D eigenvalue weighted by Gasteiger charge is -2.34. The number of fused-ring (bicyclic) bond motifs is 6. The van der Waals surface area contributed by atoms with Gasteiger partial charge in [-0.15, -0.1) is 5.10 Å². The van der Waals surface area contributed by atoms with Crippen LogP contribution in [0.4, 0.5) is 17.1 Å². The maximum atomic E-state index is 13.6. The van der Waals surface area contributed by atoms with Crippen molar-refractivity contribution in [2.45, 2.75) is 0 Å². The number of para-hydroxylation sites is 6. The molecular formula is C60H38N6O2. The number of benzene rings is 9. The van der Waals surface area contributed by atoms with Crippen LogP contribution in [0.25, 0.3) is 89.0 Å². The second-order valence-corrected chi connectivity index (χ2v) is 17.0. The largest absolute Gasteiger partial charge is 0.309 e. The summed E-state index contributed by atoms with van der Waals surface area (Å²) in [5.41, 5.74) is 14.1. The normalized spacial score (nSPS) is 12.2. The fraction of sp³-hybridized carbons (Fsp3) is 0. The third-order valence-corrected chi connectivity index (χ3v) is 13.2. The summed E-state index contributed by atoms with van der Waals surface area (Å²) in [6.45, 7) is 4.47. The Labute approximate surface area is 389 Å². The average Bonchev–Trinajstić information content (AvgIpc) is 3.85. The van der Waals surface area contributed by atoms with E-state index in [-0.39, 0.29) is 10.9 Å². The van der Waals surface area contributed by atoms with Crippen LogP contribution in [0.2, 0.25) is 0 Å². The monoisotopic (exact) mass is 874 g/mol. The van der Waals surface area contributed by atoms with Crippen LogP contribution in [-0.4, -0.2) is 23.9 Å². The van der Waals surface area contributed by atoms with E-state index in [0.29, 0.717) is 33.2 Å². The van der Waals surface area contributed by atoms with E-state index in [9.17, 15) is 9.59 Å². The van der Waals surface area contributed by atoms with E-state index in [4.69, 9.17) is 10.1 Å². The molecule has 0 aliphatic carbocycles. The number of hydrogen-bond donors (Lipinski definition) is 0. The van der Waals surface area contributed by atoms with Gasteiger partial charge < -0.3 is 14.0 Å². The second kappa shape index (κ2) is 15.4. The molecule has 0 saturated heterocycles. The van der Waals surface area contributed by atoms with Gasteiger partial charge in [-0.3, -0.25) is 9.59 Å². The Morgan fingerprint density at radius 3 is 1.21 bits per heavy atom. The van der Waals surface area contributed by atoms with Gasteiger partial charge in [0.25, 0.3) is 0 Å². The summed E-state index contributed by atoms with van der Waals surface area (Å²) in [7, 11) is 0. The zero-order valence-electron chi connectivity index (χ0n) is 36.5. The lowest BCUT2D eigenvalue weighted by molar-refractivity contribution is 0.889. The van der Waals surface area contributed by atoms with Crippen LogP contribution in [0.5, 0.6) is 0 Å². The standard InChI is InChI=1S/C60H38N6O2/c1-38-45-14-2-8-20-51(45)63(52-21-9-3-15-46(38)52)42-32-28-40(29-33-42)60-61-59(39-26-30-41(31-27-39)64-53-22-10-4-16-47(53)57(67)48-17-5-11-23-54(48)64)62-66(60)44-36-34-43(35-37-44)65-55-24-12-6-18-49(55)58(68)50-19-7-13-25-56(50)65/h2-37H,1H2. The van der Waals surface area contributed by atoms with Gasteiger partial charge in [-0.2, -0.15) is 0 Å². The number of hydrogen-bond acceptors (Lipinski definition) is 5. The highest BCUT2D eigenvalue weighted by atomic mass is 16.1. The molecule has 1 aliphatic rings. The van der Waals surface area contributed by atoms with E-state index < -0.39 is 0 Å². The molecule has 0 saturated carbocycles. The van der Waals surface area contributed by atoms with Gasteiger partial charge >= 0.3 is 0 Å². The predicted octanol–water partition coefficient (Wildman–Crippen LogP) is 13.4. The molecule has 320 valence electrons. The lowest BCUT2D eigenvalue weighted by atomic mass is 9.91. The first kappa shape index (κ1) is 39.0. The third-order valence-electron chi connectivity index (χ3n) is 13.2. The summed E-state index contributed by atoms with van der Waals surface area (Å²) in [6, 6.07) is 72.7. The molecule has 0 fully saturated rings. The van der Waals surface area contributed by atoms with Crippen LogP contribution in [0, 0.1) is 0 Å². The molecule has 13 rings (SSSR count). The first-order valence-electron chi connectivity index (χ1n) is 22.5. The summed E-state index contributed by atoms with van der Waals surface area (Å²) < 4.78 is 6.19. The lowest BCUT2D eigenvalue weighted by Crippen LogP contribution is -2.17. The Morgan fingerprint density at radius 1 is 0.368 bits per heavy atom. The summed E-state index contributed by atoms with van der Waals surface area (Å²) in [6.07, 6.45) is 0. The molecule has 8 heteroatoms. The summed E-state index contributed by atoms with van der Waals surface area (Å²) in [5, 5.41) is 7.88.